The highest BCUT2D eigenvalue weighted by Crippen LogP contribution is 2.23. The van der Waals surface area contributed by atoms with Gasteiger partial charge in [-0.1, -0.05) is 44.5 Å². The van der Waals surface area contributed by atoms with Crippen LogP contribution in [0.2, 0.25) is 0 Å². The van der Waals surface area contributed by atoms with Gasteiger partial charge < -0.3 is 10.6 Å². The summed E-state index contributed by atoms with van der Waals surface area (Å²) < 4.78 is 0. The van der Waals surface area contributed by atoms with E-state index in [1.54, 1.807) is 0 Å². The first-order chi connectivity index (χ1) is 11.6. The average Bonchev–Trinajstić information content (AvgIpc) is 2.56. The van der Waals surface area contributed by atoms with Gasteiger partial charge in [0.25, 0.3) is 0 Å². The second kappa shape index (κ2) is 10.1. The van der Waals surface area contributed by atoms with E-state index in [2.05, 4.69) is 43.0 Å². The van der Waals surface area contributed by atoms with Crippen molar-refractivity contribution in [1.29, 1.82) is 0 Å². The van der Waals surface area contributed by atoms with Crippen molar-refractivity contribution in [1.82, 2.24) is 4.90 Å². The molecule has 1 amide bonds. The second-order valence-corrected chi connectivity index (χ2v) is 8.47. The van der Waals surface area contributed by atoms with E-state index in [4.69, 9.17) is 5.73 Å². The Hall–Kier alpha value is -1.00. The van der Waals surface area contributed by atoms with Crippen LogP contribution in [0.15, 0.2) is 24.3 Å². The predicted octanol–water partition coefficient (Wildman–Crippen LogP) is 3.67. The molecule has 3 nitrogen and oxygen atoms in total. The molecule has 0 bridgehead atoms. The van der Waals surface area contributed by atoms with Crippen LogP contribution in [-0.2, 0) is 11.2 Å². The minimum Gasteiger partial charge on any atom is -0.369 e. The lowest BCUT2D eigenvalue weighted by Gasteiger charge is -2.26. The summed E-state index contributed by atoms with van der Waals surface area (Å²) >= 11 is 2.05. The Morgan fingerprint density at radius 1 is 1.17 bits per heavy atom. The second-order valence-electron chi connectivity index (χ2n) is 7.24. The Morgan fingerprint density at radius 3 is 2.42 bits per heavy atom. The van der Waals surface area contributed by atoms with Gasteiger partial charge in [-0.05, 0) is 42.9 Å². The lowest BCUT2D eigenvalue weighted by molar-refractivity contribution is -0.119. The minimum atomic E-state index is -0.194. The van der Waals surface area contributed by atoms with Crippen molar-refractivity contribution in [2.75, 3.05) is 31.1 Å². The number of hydrogen-bond donors (Lipinski definition) is 1. The van der Waals surface area contributed by atoms with Crippen molar-refractivity contribution < 1.29 is 4.79 Å². The van der Waals surface area contributed by atoms with Crippen molar-refractivity contribution in [3.05, 3.63) is 35.4 Å². The van der Waals surface area contributed by atoms with Crippen LogP contribution >= 0.6 is 11.8 Å². The van der Waals surface area contributed by atoms with Crippen LogP contribution < -0.4 is 5.73 Å². The number of unbranched alkanes of at least 4 members (excludes halogenated alkanes) is 1. The fourth-order valence-electron chi connectivity index (χ4n) is 3.34. The van der Waals surface area contributed by atoms with Crippen LogP contribution in [0.5, 0.6) is 0 Å². The zero-order valence-corrected chi connectivity index (χ0v) is 16.0. The molecule has 1 atom stereocenters. The van der Waals surface area contributed by atoms with Gasteiger partial charge in [0, 0.05) is 24.6 Å². The third-order valence-electron chi connectivity index (χ3n) is 4.69. The molecule has 1 heterocycles. The molecule has 24 heavy (non-hydrogen) atoms. The third-order valence-corrected chi connectivity index (χ3v) is 5.63. The maximum Gasteiger partial charge on any atom is 0.224 e. The van der Waals surface area contributed by atoms with Crippen molar-refractivity contribution in [2.24, 2.45) is 11.7 Å². The van der Waals surface area contributed by atoms with Crippen molar-refractivity contribution >= 4 is 17.7 Å². The predicted molar refractivity (Wildman–Crippen MR) is 105 cm³/mol. The summed E-state index contributed by atoms with van der Waals surface area (Å²) in [5.74, 6) is 2.83. The highest BCUT2D eigenvalue weighted by Gasteiger charge is 2.18. The number of primary amides is 1. The summed E-state index contributed by atoms with van der Waals surface area (Å²) in [7, 11) is 0. The average molecular weight is 349 g/mol. The van der Waals surface area contributed by atoms with Crippen LogP contribution in [0.4, 0.5) is 0 Å². The fraction of sp³-hybridized carbons (Fsp3) is 0.650. The number of rotatable bonds is 9. The molecule has 0 spiro atoms. The van der Waals surface area contributed by atoms with E-state index in [9.17, 15) is 4.79 Å². The molecule has 1 aliphatic rings. The lowest BCUT2D eigenvalue weighted by atomic mass is 9.91. The van der Waals surface area contributed by atoms with Crippen molar-refractivity contribution in [3.8, 4) is 0 Å². The maximum atomic E-state index is 11.9. The third kappa shape index (κ3) is 6.48. The molecule has 0 radical (unpaired) electrons. The standard InChI is InChI=1S/C20H32N2OS/c1-16(2)15-17-6-8-18(9-7-17)19(20(21)23)5-3-4-10-22-11-13-24-14-12-22/h6-9,16,19H,3-5,10-15H2,1-2H3,(H2,21,23)/t19-/m1/s1. The van der Waals surface area contributed by atoms with Crippen molar-refractivity contribution in [3.63, 3.8) is 0 Å². The van der Waals surface area contributed by atoms with Gasteiger partial charge >= 0.3 is 0 Å². The maximum absolute atomic E-state index is 11.9. The summed E-state index contributed by atoms with van der Waals surface area (Å²) in [6.07, 6.45) is 4.15. The van der Waals surface area contributed by atoms with E-state index < -0.39 is 0 Å². The van der Waals surface area contributed by atoms with Gasteiger partial charge in [0.1, 0.15) is 0 Å². The Kier molecular flexibility index (Phi) is 8.13. The molecular formula is C20H32N2OS. The van der Waals surface area contributed by atoms with Gasteiger partial charge in [0.2, 0.25) is 5.91 Å². The first-order valence-electron chi connectivity index (χ1n) is 9.24. The van der Waals surface area contributed by atoms with E-state index in [1.165, 1.54) is 30.2 Å². The molecule has 134 valence electrons. The number of benzene rings is 1. The van der Waals surface area contributed by atoms with Crippen LogP contribution in [0, 0.1) is 5.92 Å². The molecular weight excluding hydrogens is 316 g/mol. The van der Waals surface area contributed by atoms with E-state index in [1.807, 2.05) is 11.8 Å². The molecule has 1 aromatic carbocycles. The Bertz CT molecular complexity index is 495. The summed E-state index contributed by atoms with van der Waals surface area (Å²) in [6.45, 7) is 8.02. The SMILES string of the molecule is CC(C)Cc1ccc([C@@H](CCCCN2CCSCC2)C(N)=O)cc1. The van der Waals surface area contributed by atoms with E-state index in [-0.39, 0.29) is 11.8 Å². The summed E-state index contributed by atoms with van der Waals surface area (Å²) in [6, 6.07) is 8.48. The van der Waals surface area contributed by atoms with Gasteiger partial charge in [-0.25, -0.2) is 0 Å². The van der Waals surface area contributed by atoms with Gasteiger partial charge in [-0.2, -0.15) is 11.8 Å². The smallest absolute Gasteiger partial charge is 0.224 e. The number of carbonyl (C=O) groups excluding carboxylic acids is 1. The molecule has 0 unspecified atom stereocenters. The van der Waals surface area contributed by atoms with E-state index in [0.29, 0.717) is 5.92 Å². The van der Waals surface area contributed by atoms with Crippen LogP contribution in [0.25, 0.3) is 0 Å². The summed E-state index contributed by atoms with van der Waals surface area (Å²) in [5.41, 5.74) is 8.07. The van der Waals surface area contributed by atoms with Crippen LogP contribution in [0.1, 0.15) is 50.2 Å². The fourth-order valence-corrected chi connectivity index (χ4v) is 4.32. The highest BCUT2D eigenvalue weighted by molar-refractivity contribution is 7.99. The molecule has 2 rings (SSSR count). The Labute approximate surface area is 151 Å². The summed E-state index contributed by atoms with van der Waals surface area (Å²) in [5, 5.41) is 0. The van der Waals surface area contributed by atoms with Gasteiger partial charge in [0.15, 0.2) is 0 Å². The highest BCUT2D eigenvalue weighted by atomic mass is 32.2. The van der Waals surface area contributed by atoms with Crippen LogP contribution in [0.3, 0.4) is 0 Å². The van der Waals surface area contributed by atoms with Crippen LogP contribution in [-0.4, -0.2) is 41.9 Å². The molecule has 2 N–H and O–H groups in total. The molecule has 1 aliphatic heterocycles. The first-order valence-corrected chi connectivity index (χ1v) is 10.4. The van der Waals surface area contributed by atoms with Gasteiger partial charge in [-0.15, -0.1) is 0 Å². The zero-order chi connectivity index (χ0) is 17.4. The Morgan fingerprint density at radius 2 is 1.83 bits per heavy atom. The molecule has 4 heteroatoms. The Balaban J connectivity index is 1.81. The normalized spacial score (nSPS) is 17.1. The largest absolute Gasteiger partial charge is 0.369 e. The number of nitrogens with two attached hydrogens (primary N) is 1. The number of thioether (sulfide) groups is 1. The summed E-state index contributed by atoms with van der Waals surface area (Å²) in [4.78, 5) is 14.4. The topological polar surface area (TPSA) is 46.3 Å². The van der Waals surface area contributed by atoms with E-state index in [0.717, 1.165) is 37.8 Å². The molecule has 0 aliphatic carbocycles. The van der Waals surface area contributed by atoms with Gasteiger partial charge in [-0.3, -0.25) is 4.79 Å². The van der Waals surface area contributed by atoms with Gasteiger partial charge in [0.05, 0.1) is 5.92 Å². The number of nitrogens with zero attached hydrogens (tertiary/aromatic N) is 1. The van der Waals surface area contributed by atoms with E-state index >= 15 is 0 Å². The quantitative estimate of drug-likeness (QED) is 0.693. The monoisotopic (exact) mass is 348 g/mol. The molecule has 1 saturated heterocycles. The molecule has 0 saturated carbocycles. The number of hydrogen-bond acceptors (Lipinski definition) is 3. The van der Waals surface area contributed by atoms with Crippen molar-refractivity contribution in [2.45, 2.75) is 45.4 Å². The molecule has 1 fully saturated rings. The minimum absolute atomic E-state index is 0.144. The molecule has 0 aromatic heterocycles. The first kappa shape index (κ1) is 19.3. The lowest BCUT2D eigenvalue weighted by Crippen LogP contribution is -2.33. The number of carbonyl (C=O) groups is 1. The molecule has 1 aromatic rings. The number of amides is 1. The zero-order valence-electron chi connectivity index (χ0n) is 15.2.